The van der Waals surface area contributed by atoms with Crippen LogP contribution in [0.4, 0.5) is 11.4 Å². The van der Waals surface area contributed by atoms with Crippen LogP contribution in [0.25, 0.3) is 0 Å². The minimum Gasteiger partial charge on any atom is -0.382 e. The predicted octanol–water partition coefficient (Wildman–Crippen LogP) is 3.10. The predicted molar refractivity (Wildman–Crippen MR) is 88.8 cm³/mol. The first kappa shape index (κ1) is 15.8. The van der Waals surface area contributed by atoms with Crippen molar-refractivity contribution in [3.63, 3.8) is 0 Å². The van der Waals surface area contributed by atoms with Crippen LogP contribution in [0.5, 0.6) is 0 Å². The fourth-order valence-electron chi connectivity index (χ4n) is 3.04. The zero-order chi connectivity index (χ0) is 15.4. The lowest BCUT2D eigenvalue weighted by Gasteiger charge is -2.34. The smallest absolute Gasteiger partial charge is 0.221 e. The Kier molecular flexibility index (Phi) is 5.23. The molecule has 1 heterocycles. The van der Waals surface area contributed by atoms with E-state index in [1.54, 1.807) is 0 Å². The van der Waals surface area contributed by atoms with Crippen LogP contribution < -0.4 is 10.6 Å². The molecule has 1 fully saturated rings. The third kappa shape index (κ3) is 4.46. The van der Waals surface area contributed by atoms with E-state index < -0.39 is 0 Å². The average Bonchev–Trinajstić information content (AvgIpc) is 2.42. The minimum absolute atomic E-state index is 0.0354. The standard InChI is InChI=1S/C17H27N3O/c1-12-7-8-16(19-14(3)21)10-17(12)18-13(2)15-6-5-9-20(4)11-15/h7-8,10,13,15,18H,5-6,9,11H2,1-4H3,(H,19,21). The molecule has 0 aromatic heterocycles. The van der Waals surface area contributed by atoms with Gasteiger partial charge in [0, 0.05) is 30.9 Å². The van der Waals surface area contributed by atoms with Gasteiger partial charge < -0.3 is 15.5 Å². The molecule has 4 nitrogen and oxygen atoms in total. The second-order valence-electron chi connectivity index (χ2n) is 6.31. The Labute approximate surface area is 127 Å². The number of benzene rings is 1. The van der Waals surface area contributed by atoms with Gasteiger partial charge in [-0.3, -0.25) is 4.79 Å². The Hall–Kier alpha value is -1.55. The second kappa shape index (κ2) is 6.94. The summed E-state index contributed by atoms with van der Waals surface area (Å²) in [5.41, 5.74) is 3.17. The maximum Gasteiger partial charge on any atom is 0.221 e. The van der Waals surface area contributed by atoms with Crippen LogP contribution in [0.1, 0.15) is 32.3 Å². The van der Waals surface area contributed by atoms with E-state index in [-0.39, 0.29) is 5.91 Å². The van der Waals surface area contributed by atoms with Gasteiger partial charge in [0.2, 0.25) is 5.91 Å². The monoisotopic (exact) mass is 289 g/mol. The molecule has 0 radical (unpaired) electrons. The molecule has 21 heavy (non-hydrogen) atoms. The normalized spacial score (nSPS) is 20.9. The first-order chi connectivity index (χ1) is 9.95. The number of nitrogens with one attached hydrogen (secondary N) is 2. The van der Waals surface area contributed by atoms with Crippen molar-refractivity contribution in [2.75, 3.05) is 30.8 Å². The number of carbonyl (C=O) groups excluding carboxylic acids is 1. The van der Waals surface area contributed by atoms with Gasteiger partial charge >= 0.3 is 0 Å². The Morgan fingerprint density at radius 3 is 2.86 bits per heavy atom. The van der Waals surface area contributed by atoms with E-state index in [2.05, 4.69) is 36.4 Å². The molecule has 2 atom stereocenters. The summed E-state index contributed by atoms with van der Waals surface area (Å²) in [6, 6.07) is 6.45. The van der Waals surface area contributed by atoms with Gasteiger partial charge in [0.05, 0.1) is 0 Å². The molecule has 2 rings (SSSR count). The van der Waals surface area contributed by atoms with Gasteiger partial charge in [-0.25, -0.2) is 0 Å². The number of anilines is 2. The Bertz CT molecular complexity index is 501. The highest BCUT2D eigenvalue weighted by atomic mass is 16.1. The number of amides is 1. The highest BCUT2D eigenvalue weighted by Crippen LogP contribution is 2.25. The highest BCUT2D eigenvalue weighted by Gasteiger charge is 2.23. The lowest BCUT2D eigenvalue weighted by molar-refractivity contribution is -0.114. The SMILES string of the molecule is CC(=O)Nc1ccc(C)c(NC(C)C2CCCN(C)C2)c1. The lowest BCUT2D eigenvalue weighted by atomic mass is 9.91. The molecule has 2 N–H and O–H groups in total. The third-order valence-corrected chi connectivity index (χ3v) is 4.31. The zero-order valence-electron chi connectivity index (χ0n) is 13.6. The molecule has 1 aliphatic rings. The highest BCUT2D eigenvalue weighted by molar-refractivity contribution is 5.89. The molecule has 0 aliphatic carbocycles. The summed E-state index contributed by atoms with van der Waals surface area (Å²) in [4.78, 5) is 13.6. The van der Waals surface area contributed by atoms with Crippen molar-refractivity contribution in [3.05, 3.63) is 23.8 Å². The van der Waals surface area contributed by atoms with E-state index in [1.807, 2.05) is 18.2 Å². The van der Waals surface area contributed by atoms with Crippen molar-refractivity contribution in [3.8, 4) is 0 Å². The maximum absolute atomic E-state index is 11.2. The number of carbonyl (C=O) groups is 1. The van der Waals surface area contributed by atoms with Gasteiger partial charge in [-0.1, -0.05) is 6.07 Å². The number of nitrogens with zero attached hydrogens (tertiary/aromatic N) is 1. The van der Waals surface area contributed by atoms with E-state index in [4.69, 9.17) is 0 Å². The molecule has 2 unspecified atom stereocenters. The summed E-state index contributed by atoms with van der Waals surface area (Å²) in [5, 5.41) is 6.48. The van der Waals surface area contributed by atoms with Crippen molar-refractivity contribution in [1.29, 1.82) is 0 Å². The first-order valence-electron chi connectivity index (χ1n) is 7.79. The summed E-state index contributed by atoms with van der Waals surface area (Å²) in [6.07, 6.45) is 2.56. The van der Waals surface area contributed by atoms with Crippen molar-refractivity contribution in [2.45, 2.75) is 39.7 Å². The molecule has 1 aromatic rings. The van der Waals surface area contributed by atoms with Crippen LogP contribution in [0.3, 0.4) is 0 Å². The average molecular weight is 289 g/mol. The maximum atomic E-state index is 11.2. The quantitative estimate of drug-likeness (QED) is 0.895. The molecule has 1 amide bonds. The molecule has 0 bridgehead atoms. The van der Waals surface area contributed by atoms with Gasteiger partial charge in [0.1, 0.15) is 0 Å². The molecular formula is C17H27N3O. The van der Waals surface area contributed by atoms with Crippen LogP contribution in [0, 0.1) is 12.8 Å². The molecule has 0 spiro atoms. The van der Waals surface area contributed by atoms with Crippen molar-refractivity contribution in [1.82, 2.24) is 4.90 Å². The molecule has 1 aromatic carbocycles. The molecule has 1 saturated heterocycles. The molecule has 1 aliphatic heterocycles. The largest absolute Gasteiger partial charge is 0.382 e. The van der Waals surface area contributed by atoms with Crippen LogP contribution >= 0.6 is 0 Å². The van der Waals surface area contributed by atoms with Gasteiger partial charge in [-0.05, 0) is 63.9 Å². The summed E-state index contributed by atoms with van der Waals surface area (Å²) in [5.74, 6) is 0.638. The number of hydrogen-bond donors (Lipinski definition) is 2. The molecular weight excluding hydrogens is 262 g/mol. The van der Waals surface area contributed by atoms with Crippen LogP contribution in [0.15, 0.2) is 18.2 Å². The number of likely N-dealkylation sites (tertiary alicyclic amines) is 1. The fraction of sp³-hybridized carbons (Fsp3) is 0.588. The van der Waals surface area contributed by atoms with Crippen LogP contribution in [0.2, 0.25) is 0 Å². The van der Waals surface area contributed by atoms with E-state index in [9.17, 15) is 4.79 Å². The van der Waals surface area contributed by atoms with Gasteiger partial charge in [0.15, 0.2) is 0 Å². The zero-order valence-corrected chi connectivity index (χ0v) is 13.6. The molecule has 116 valence electrons. The van der Waals surface area contributed by atoms with E-state index >= 15 is 0 Å². The van der Waals surface area contributed by atoms with E-state index in [1.165, 1.54) is 31.9 Å². The fourth-order valence-corrected chi connectivity index (χ4v) is 3.04. The molecule has 4 heteroatoms. The Morgan fingerprint density at radius 2 is 2.19 bits per heavy atom. The Morgan fingerprint density at radius 1 is 1.43 bits per heavy atom. The summed E-state index contributed by atoms with van der Waals surface area (Å²) < 4.78 is 0. The van der Waals surface area contributed by atoms with Crippen LogP contribution in [-0.4, -0.2) is 37.0 Å². The van der Waals surface area contributed by atoms with E-state index in [0.29, 0.717) is 12.0 Å². The van der Waals surface area contributed by atoms with Crippen molar-refractivity contribution in [2.24, 2.45) is 5.92 Å². The topological polar surface area (TPSA) is 44.4 Å². The number of aryl methyl sites for hydroxylation is 1. The number of rotatable bonds is 4. The van der Waals surface area contributed by atoms with Crippen molar-refractivity contribution >= 4 is 17.3 Å². The van der Waals surface area contributed by atoms with Crippen LogP contribution in [-0.2, 0) is 4.79 Å². The van der Waals surface area contributed by atoms with Crippen molar-refractivity contribution < 1.29 is 4.79 Å². The second-order valence-corrected chi connectivity index (χ2v) is 6.31. The third-order valence-electron chi connectivity index (χ3n) is 4.31. The first-order valence-corrected chi connectivity index (χ1v) is 7.79. The summed E-state index contributed by atoms with van der Waals surface area (Å²) in [7, 11) is 2.20. The van der Waals surface area contributed by atoms with Gasteiger partial charge in [-0.2, -0.15) is 0 Å². The summed E-state index contributed by atoms with van der Waals surface area (Å²) in [6.45, 7) is 8.25. The lowest BCUT2D eigenvalue weighted by Crippen LogP contribution is -2.39. The van der Waals surface area contributed by atoms with Gasteiger partial charge in [-0.15, -0.1) is 0 Å². The van der Waals surface area contributed by atoms with Gasteiger partial charge in [0.25, 0.3) is 0 Å². The number of hydrogen-bond acceptors (Lipinski definition) is 3. The molecule has 0 saturated carbocycles. The van der Waals surface area contributed by atoms with E-state index in [0.717, 1.165) is 17.9 Å². The Balaban J connectivity index is 2.05. The number of piperidine rings is 1. The minimum atomic E-state index is -0.0354. The summed E-state index contributed by atoms with van der Waals surface area (Å²) >= 11 is 0.